The normalized spacial score (nSPS) is 24.2. The SMILES string of the molecule is O=C(CC1COCCN1)N1CCC(n2cc(Br)cn2)CC1. The zero-order chi connectivity index (χ0) is 14.7. The summed E-state index contributed by atoms with van der Waals surface area (Å²) in [4.78, 5) is 14.3. The van der Waals surface area contributed by atoms with Crippen LogP contribution in [0.1, 0.15) is 25.3 Å². The van der Waals surface area contributed by atoms with Crippen molar-refractivity contribution >= 4 is 21.8 Å². The summed E-state index contributed by atoms with van der Waals surface area (Å²) >= 11 is 3.42. The van der Waals surface area contributed by atoms with E-state index in [4.69, 9.17) is 4.74 Å². The molecule has 0 saturated carbocycles. The van der Waals surface area contributed by atoms with Crippen LogP contribution in [0.25, 0.3) is 0 Å². The molecule has 0 bridgehead atoms. The molecule has 116 valence electrons. The molecule has 2 fully saturated rings. The molecule has 1 atom stereocenters. The number of nitrogens with zero attached hydrogens (tertiary/aromatic N) is 3. The molecule has 1 aromatic rings. The van der Waals surface area contributed by atoms with E-state index >= 15 is 0 Å². The topological polar surface area (TPSA) is 59.4 Å². The number of amides is 1. The number of piperidine rings is 1. The third-order valence-electron chi connectivity index (χ3n) is 4.18. The number of carbonyl (C=O) groups is 1. The number of nitrogens with one attached hydrogen (secondary N) is 1. The Morgan fingerprint density at radius 1 is 1.48 bits per heavy atom. The van der Waals surface area contributed by atoms with E-state index in [1.54, 1.807) is 0 Å². The van der Waals surface area contributed by atoms with Crippen LogP contribution in [0, 0.1) is 0 Å². The number of hydrogen-bond donors (Lipinski definition) is 1. The molecule has 1 N–H and O–H groups in total. The van der Waals surface area contributed by atoms with Crippen LogP contribution in [0.5, 0.6) is 0 Å². The van der Waals surface area contributed by atoms with Crippen molar-refractivity contribution in [1.82, 2.24) is 20.0 Å². The Morgan fingerprint density at radius 3 is 2.90 bits per heavy atom. The molecule has 2 aliphatic rings. The Bertz CT molecular complexity index is 479. The van der Waals surface area contributed by atoms with Gasteiger partial charge in [-0.2, -0.15) is 5.10 Å². The lowest BCUT2D eigenvalue weighted by Crippen LogP contribution is -2.46. The Kier molecular flexibility index (Phi) is 4.92. The highest BCUT2D eigenvalue weighted by Crippen LogP contribution is 2.23. The van der Waals surface area contributed by atoms with Crippen molar-refractivity contribution in [3.63, 3.8) is 0 Å². The van der Waals surface area contributed by atoms with Gasteiger partial charge in [-0.05, 0) is 28.8 Å². The summed E-state index contributed by atoms with van der Waals surface area (Å²) in [5, 5.41) is 7.68. The van der Waals surface area contributed by atoms with Crippen LogP contribution < -0.4 is 5.32 Å². The maximum atomic E-state index is 12.3. The van der Waals surface area contributed by atoms with E-state index in [-0.39, 0.29) is 11.9 Å². The fourth-order valence-electron chi connectivity index (χ4n) is 2.99. The van der Waals surface area contributed by atoms with Crippen LogP contribution in [0.15, 0.2) is 16.9 Å². The summed E-state index contributed by atoms with van der Waals surface area (Å²) in [5.41, 5.74) is 0. The third kappa shape index (κ3) is 3.84. The highest BCUT2D eigenvalue weighted by Gasteiger charge is 2.26. The first-order valence-electron chi connectivity index (χ1n) is 7.51. The summed E-state index contributed by atoms with van der Waals surface area (Å²) in [6, 6.07) is 0.572. The van der Waals surface area contributed by atoms with Gasteiger partial charge in [-0.15, -0.1) is 0 Å². The van der Waals surface area contributed by atoms with Crippen LogP contribution in [-0.4, -0.2) is 59.5 Å². The average Bonchev–Trinajstić information content (AvgIpc) is 2.95. The van der Waals surface area contributed by atoms with Crippen LogP contribution in [-0.2, 0) is 9.53 Å². The molecule has 3 rings (SSSR count). The lowest BCUT2D eigenvalue weighted by Gasteiger charge is -2.33. The predicted octanol–water partition coefficient (Wildman–Crippen LogP) is 1.19. The summed E-state index contributed by atoms with van der Waals surface area (Å²) < 4.78 is 8.40. The van der Waals surface area contributed by atoms with Gasteiger partial charge in [0.1, 0.15) is 0 Å². The second-order valence-electron chi connectivity index (χ2n) is 5.68. The van der Waals surface area contributed by atoms with E-state index in [1.165, 1.54) is 0 Å². The molecule has 2 saturated heterocycles. The first kappa shape index (κ1) is 15.0. The van der Waals surface area contributed by atoms with Gasteiger partial charge >= 0.3 is 0 Å². The van der Waals surface area contributed by atoms with Gasteiger partial charge in [0.25, 0.3) is 0 Å². The number of ether oxygens (including phenoxy) is 1. The van der Waals surface area contributed by atoms with Gasteiger partial charge in [0.15, 0.2) is 0 Å². The molecule has 0 spiro atoms. The van der Waals surface area contributed by atoms with Crippen molar-refractivity contribution in [1.29, 1.82) is 0 Å². The third-order valence-corrected chi connectivity index (χ3v) is 4.59. The van der Waals surface area contributed by atoms with Crippen LogP contribution in [0.3, 0.4) is 0 Å². The van der Waals surface area contributed by atoms with Gasteiger partial charge in [0.05, 0.1) is 29.9 Å². The second-order valence-corrected chi connectivity index (χ2v) is 6.60. The average molecular weight is 357 g/mol. The summed E-state index contributed by atoms with van der Waals surface area (Å²) in [6.07, 6.45) is 6.29. The van der Waals surface area contributed by atoms with Gasteiger partial charge in [-0.1, -0.05) is 0 Å². The number of halogens is 1. The Labute approximate surface area is 132 Å². The Morgan fingerprint density at radius 2 is 2.29 bits per heavy atom. The summed E-state index contributed by atoms with van der Waals surface area (Å²) in [5.74, 6) is 0.234. The predicted molar refractivity (Wildman–Crippen MR) is 82.0 cm³/mol. The van der Waals surface area contributed by atoms with Crippen molar-refractivity contribution in [3.05, 3.63) is 16.9 Å². The van der Waals surface area contributed by atoms with Crippen molar-refractivity contribution in [3.8, 4) is 0 Å². The number of aromatic nitrogens is 2. The number of morpholine rings is 1. The van der Waals surface area contributed by atoms with Crippen LogP contribution in [0.4, 0.5) is 0 Å². The molecule has 0 radical (unpaired) electrons. The molecule has 6 nitrogen and oxygen atoms in total. The molecular weight excluding hydrogens is 336 g/mol. The smallest absolute Gasteiger partial charge is 0.224 e. The van der Waals surface area contributed by atoms with E-state index in [1.807, 2.05) is 22.0 Å². The van der Waals surface area contributed by atoms with Crippen molar-refractivity contribution < 1.29 is 9.53 Å². The van der Waals surface area contributed by atoms with Crippen LogP contribution in [0.2, 0.25) is 0 Å². The molecular formula is C14H21BrN4O2. The zero-order valence-corrected chi connectivity index (χ0v) is 13.6. The number of likely N-dealkylation sites (tertiary alicyclic amines) is 1. The van der Waals surface area contributed by atoms with Gasteiger partial charge < -0.3 is 15.0 Å². The zero-order valence-electron chi connectivity index (χ0n) is 12.0. The minimum atomic E-state index is 0.172. The van der Waals surface area contributed by atoms with E-state index in [9.17, 15) is 4.79 Å². The Balaban J connectivity index is 1.47. The van der Waals surface area contributed by atoms with Gasteiger partial charge in [-0.25, -0.2) is 0 Å². The first-order valence-corrected chi connectivity index (χ1v) is 8.30. The standard InChI is InChI=1S/C14H21BrN4O2/c15-11-8-17-19(9-11)13-1-4-18(5-2-13)14(20)7-12-10-21-6-3-16-12/h8-9,12-13,16H,1-7,10H2. The summed E-state index contributed by atoms with van der Waals surface area (Å²) in [6.45, 7) is 3.86. The summed E-state index contributed by atoms with van der Waals surface area (Å²) in [7, 11) is 0. The molecule has 1 unspecified atom stereocenters. The molecule has 0 aliphatic carbocycles. The molecule has 1 aromatic heterocycles. The van der Waals surface area contributed by atoms with E-state index < -0.39 is 0 Å². The lowest BCUT2D eigenvalue weighted by atomic mass is 10.0. The number of hydrogen-bond acceptors (Lipinski definition) is 4. The highest BCUT2D eigenvalue weighted by molar-refractivity contribution is 9.10. The molecule has 7 heteroatoms. The molecule has 1 amide bonds. The fraction of sp³-hybridized carbons (Fsp3) is 0.714. The van der Waals surface area contributed by atoms with E-state index in [0.717, 1.165) is 43.6 Å². The van der Waals surface area contributed by atoms with Gasteiger partial charge in [0.2, 0.25) is 5.91 Å². The lowest BCUT2D eigenvalue weighted by molar-refractivity contribution is -0.133. The van der Waals surface area contributed by atoms with Gasteiger partial charge in [0, 0.05) is 38.3 Å². The van der Waals surface area contributed by atoms with Crippen molar-refractivity contribution in [2.45, 2.75) is 31.3 Å². The highest BCUT2D eigenvalue weighted by atomic mass is 79.9. The minimum absolute atomic E-state index is 0.172. The van der Waals surface area contributed by atoms with Crippen molar-refractivity contribution in [2.24, 2.45) is 0 Å². The van der Waals surface area contributed by atoms with Crippen LogP contribution >= 0.6 is 15.9 Å². The molecule has 21 heavy (non-hydrogen) atoms. The number of rotatable bonds is 3. The largest absolute Gasteiger partial charge is 0.378 e. The maximum Gasteiger partial charge on any atom is 0.224 e. The quantitative estimate of drug-likeness (QED) is 0.883. The minimum Gasteiger partial charge on any atom is -0.378 e. The molecule has 2 aliphatic heterocycles. The molecule has 3 heterocycles. The van der Waals surface area contributed by atoms with E-state index in [2.05, 4.69) is 26.3 Å². The first-order chi connectivity index (χ1) is 10.2. The number of carbonyl (C=O) groups excluding carboxylic acids is 1. The Hall–Kier alpha value is -0.920. The molecule has 0 aromatic carbocycles. The monoisotopic (exact) mass is 356 g/mol. The second kappa shape index (κ2) is 6.89. The van der Waals surface area contributed by atoms with E-state index in [0.29, 0.717) is 19.1 Å². The van der Waals surface area contributed by atoms with Crippen molar-refractivity contribution in [2.75, 3.05) is 32.8 Å². The van der Waals surface area contributed by atoms with Gasteiger partial charge in [-0.3, -0.25) is 9.48 Å². The fourth-order valence-corrected chi connectivity index (χ4v) is 3.29. The maximum absolute atomic E-state index is 12.3.